The van der Waals surface area contributed by atoms with Gasteiger partial charge >= 0.3 is 0 Å². The number of hydrogen-bond donors (Lipinski definition) is 2. The topological polar surface area (TPSA) is 82.6 Å². The highest BCUT2D eigenvalue weighted by molar-refractivity contribution is 5.77. The van der Waals surface area contributed by atoms with Gasteiger partial charge in [0.1, 0.15) is 5.82 Å². The molecule has 0 spiro atoms. The third-order valence-corrected chi connectivity index (χ3v) is 5.30. The molecule has 0 aliphatic carbocycles. The zero-order chi connectivity index (χ0) is 19.2. The van der Waals surface area contributed by atoms with E-state index in [0.29, 0.717) is 12.5 Å². The first-order valence-corrected chi connectivity index (χ1v) is 9.96. The maximum Gasteiger partial charge on any atom is 0.233 e. The van der Waals surface area contributed by atoms with Crippen LogP contribution in [0.1, 0.15) is 26.7 Å². The lowest BCUT2D eigenvalue weighted by molar-refractivity contribution is -0.121. The van der Waals surface area contributed by atoms with Crippen molar-refractivity contribution in [2.75, 3.05) is 56.6 Å². The molecule has 2 N–H and O–H groups in total. The van der Waals surface area contributed by atoms with Crippen LogP contribution < -0.4 is 15.5 Å². The monoisotopic (exact) mass is 376 g/mol. The fourth-order valence-corrected chi connectivity index (χ4v) is 3.77. The first-order valence-electron chi connectivity index (χ1n) is 9.96. The molecule has 2 aliphatic rings. The van der Waals surface area contributed by atoms with Crippen LogP contribution in [-0.4, -0.2) is 79.3 Å². The lowest BCUT2D eigenvalue weighted by Crippen LogP contribution is -2.49. The van der Waals surface area contributed by atoms with Gasteiger partial charge < -0.3 is 20.3 Å². The second-order valence-electron chi connectivity index (χ2n) is 7.65. The number of amides is 1. The molecular weight excluding hydrogens is 344 g/mol. The molecule has 3 rings (SSSR count). The molecule has 2 saturated heterocycles. The zero-order valence-corrected chi connectivity index (χ0v) is 16.6. The Hall–Kier alpha value is -1.93. The number of piperazine rings is 1. The highest BCUT2D eigenvalue weighted by atomic mass is 16.5. The average molecular weight is 377 g/mol. The van der Waals surface area contributed by atoms with Gasteiger partial charge in [-0.15, -0.1) is 0 Å². The summed E-state index contributed by atoms with van der Waals surface area (Å²) >= 11 is 0. The third-order valence-electron chi connectivity index (χ3n) is 5.30. The molecule has 27 heavy (non-hydrogen) atoms. The first kappa shape index (κ1) is 19.8. The van der Waals surface area contributed by atoms with Crippen LogP contribution in [0.4, 0.5) is 11.8 Å². The van der Waals surface area contributed by atoms with E-state index in [1.54, 1.807) is 7.05 Å². The first-order chi connectivity index (χ1) is 13.1. The molecular formula is C19H32N6O2. The van der Waals surface area contributed by atoms with Gasteiger partial charge in [0.25, 0.3) is 0 Å². The van der Waals surface area contributed by atoms with Gasteiger partial charge in [-0.2, -0.15) is 4.98 Å². The summed E-state index contributed by atoms with van der Waals surface area (Å²) in [6.45, 7) is 9.01. The van der Waals surface area contributed by atoms with Crippen molar-refractivity contribution in [3.63, 3.8) is 0 Å². The van der Waals surface area contributed by atoms with Crippen molar-refractivity contribution in [3.8, 4) is 0 Å². The highest BCUT2D eigenvalue weighted by Crippen LogP contribution is 2.24. The van der Waals surface area contributed by atoms with Gasteiger partial charge in [-0.1, -0.05) is 13.8 Å². The van der Waals surface area contributed by atoms with E-state index in [2.05, 4.69) is 39.3 Å². The van der Waals surface area contributed by atoms with E-state index < -0.39 is 0 Å². The Morgan fingerprint density at radius 2 is 2.11 bits per heavy atom. The van der Waals surface area contributed by atoms with Crippen LogP contribution in [0.5, 0.6) is 0 Å². The van der Waals surface area contributed by atoms with E-state index >= 15 is 0 Å². The lowest BCUT2D eigenvalue weighted by atomic mass is 9.94. The number of carbonyl (C=O) groups is 1. The molecule has 2 fully saturated rings. The van der Waals surface area contributed by atoms with E-state index in [1.807, 2.05) is 12.3 Å². The molecule has 8 nitrogen and oxygen atoms in total. The molecule has 1 aromatic rings. The number of carbonyl (C=O) groups excluding carboxylic acids is 1. The molecule has 0 radical (unpaired) electrons. The summed E-state index contributed by atoms with van der Waals surface area (Å²) in [7, 11) is 1.67. The summed E-state index contributed by atoms with van der Waals surface area (Å²) in [4.78, 5) is 25.1. The molecule has 2 unspecified atom stereocenters. The van der Waals surface area contributed by atoms with E-state index in [-0.39, 0.29) is 18.1 Å². The van der Waals surface area contributed by atoms with Gasteiger partial charge in [0.05, 0.1) is 18.7 Å². The predicted molar refractivity (Wildman–Crippen MR) is 106 cm³/mol. The number of aromatic nitrogens is 2. The molecule has 8 heteroatoms. The maximum atomic E-state index is 11.5. The van der Waals surface area contributed by atoms with Crippen LogP contribution in [0.3, 0.4) is 0 Å². The van der Waals surface area contributed by atoms with Crippen molar-refractivity contribution in [2.24, 2.45) is 5.92 Å². The van der Waals surface area contributed by atoms with Gasteiger partial charge in [-0.25, -0.2) is 4.98 Å². The van der Waals surface area contributed by atoms with Crippen LogP contribution in [-0.2, 0) is 9.53 Å². The van der Waals surface area contributed by atoms with Crippen LogP contribution in [0.15, 0.2) is 12.3 Å². The van der Waals surface area contributed by atoms with Gasteiger partial charge in [0.2, 0.25) is 11.9 Å². The van der Waals surface area contributed by atoms with E-state index in [9.17, 15) is 4.79 Å². The van der Waals surface area contributed by atoms with Gasteiger partial charge in [0.15, 0.2) is 0 Å². The third kappa shape index (κ3) is 5.29. The maximum absolute atomic E-state index is 11.5. The average Bonchev–Trinajstić information content (AvgIpc) is 2.69. The molecule has 1 aromatic heterocycles. The summed E-state index contributed by atoms with van der Waals surface area (Å²) in [5.41, 5.74) is 0. The minimum absolute atomic E-state index is 0.0558. The molecule has 0 aromatic carbocycles. The Labute approximate surface area is 161 Å². The predicted octanol–water partition coefficient (Wildman–Crippen LogP) is 0.960. The normalized spacial score (nSPS) is 24.1. The smallest absolute Gasteiger partial charge is 0.233 e. The SMILES string of the molecule is CNC(=O)CN1CCN(c2nccc(NC3CCCOC3C(C)C)n2)CC1. The number of nitrogens with zero attached hydrogens (tertiary/aromatic N) is 4. The summed E-state index contributed by atoms with van der Waals surface area (Å²) in [6, 6.07) is 2.21. The van der Waals surface area contributed by atoms with Crippen molar-refractivity contribution in [3.05, 3.63) is 12.3 Å². The number of nitrogens with one attached hydrogen (secondary N) is 2. The van der Waals surface area contributed by atoms with E-state index in [0.717, 1.165) is 57.4 Å². The summed E-state index contributed by atoms with van der Waals surface area (Å²) in [5, 5.41) is 6.24. The number of likely N-dealkylation sites (N-methyl/N-ethyl adjacent to an activating group) is 1. The summed E-state index contributed by atoms with van der Waals surface area (Å²) in [6.07, 6.45) is 4.20. The lowest BCUT2D eigenvalue weighted by Gasteiger charge is -2.36. The van der Waals surface area contributed by atoms with Crippen LogP contribution >= 0.6 is 0 Å². The molecule has 150 valence electrons. The van der Waals surface area contributed by atoms with Crippen LogP contribution in [0.2, 0.25) is 0 Å². The number of rotatable bonds is 6. The van der Waals surface area contributed by atoms with E-state index in [1.165, 1.54) is 0 Å². The number of hydrogen-bond acceptors (Lipinski definition) is 7. The quantitative estimate of drug-likeness (QED) is 0.765. The minimum Gasteiger partial charge on any atom is -0.376 e. The second-order valence-corrected chi connectivity index (χ2v) is 7.65. The second kappa shape index (κ2) is 9.32. The number of anilines is 2. The summed E-state index contributed by atoms with van der Waals surface area (Å²) in [5.74, 6) is 2.13. The Bertz CT molecular complexity index is 618. The van der Waals surface area contributed by atoms with Crippen LogP contribution in [0, 0.1) is 5.92 Å². The largest absolute Gasteiger partial charge is 0.376 e. The fourth-order valence-electron chi connectivity index (χ4n) is 3.77. The molecule has 0 bridgehead atoms. The van der Waals surface area contributed by atoms with Gasteiger partial charge in [0, 0.05) is 46.0 Å². The van der Waals surface area contributed by atoms with E-state index in [4.69, 9.17) is 9.72 Å². The Kier molecular flexibility index (Phi) is 6.84. The Balaban J connectivity index is 1.58. The molecule has 3 heterocycles. The highest BCUT2D eigenvalue weighted by Gasteiger charge is 2.29. The Morgan fingerprint density at radius 3 is 2.81 bits per heavy atom. The fraction of sp³-hybridized carbons (Fsp3) is 0.737. The minimum atomic E-state index is 0.0558. The molecule has 0 saturated carbocycles. The molecule has 2 aliphatic heterocycles. The van der Waals surface area contributed by atoms with Crippen molar-refractivity contribution < 1.29 is 9.53 Å². The molecule has 2 atom stereocenters. The van der Waals surface area contributed by atoms with Gasteiger partial charge in [-0.05, 0) is 24.8 Å². The summed E-state index contributed by atoms with van der Waals surface area (Å²) < 4.78 is 5.97. The zero-order valence-electron chi connectivity index (χ0n) is 16.6. The van der Waals surface area contributed by atoms with Gasteiger partial charge in [-0.3, -0.25) is 9.69 Å². The van der Waals surface area contributed by atoms with Crippen molar-refractivity contribution in [1.82, 2.24) is 20.2 Å². The Morgan fingerprint density at radius 1 is 1.33 bits per heavy atom. The number of ether oxygens (including phenoxy) is 1. The molecule has 1 amide bonds. The standard InChI is InChI=1S/C19H32N6O2/c1-14(2)18-15(5-4-12-27-18)22-16-6-7-21-19(23-16)25-10-8-24(9-11-25)13-17(26)20-3/h6-7,14-15,18H,4-5,8-13H2,1-3H3,(H,20,26)(H,21,22,23). The van der Waals surface area contributed by atoms with Crippen molar-refractivity contribution in [2.45, 2.75) is 38.8 Å². The van der Waals surface area contributed by atoms with Crippen molar-refractivity contribution >= 4 is 17.7 Å². The van der Waals surface area contributed by atoms with Crippen LogP contribution in [0.25, 0.3) is 0 Å². The van der Waals surface area contributed by atoms with Crippen molar-refractivity contribution in [1.29, 1.82) is 0 Å².